The number of ether oxygens (including phenoxy) is 2. The van der Waals surface area contributed by atoms with Crippen molar-refractivity contribution in [1.29, 1.82) is 0 Å². The number of piperazine rings is 1. The third-order valence-electron chi connectivity index (χ3n) is 6.71. The Morgan fingerprint density at radius 3 is 2.50 bits per heavy atom. The molecule has 0 aliphatic carbocycles. The number of carbonyl (C=O) groups excluding carboxylic acids is 2. The minimum absolute atomic E-state index is 0.0437. The Balaban J connectivity index is 1.04. The first-order valence-corrected chi connectivity index (χ1v) is 11.7. The Labute approximate surface area is 198 Å². The molecule has 180 valence electrons. The van der Waals surface area contributed by atoms with Crippen molar-refractivity contribution in [1.82, 2.24) is 14.7 Å². The van der Waals surface area contributed by atoms with Crippen LogP contribution in [0.3, 0.4) is 0 Å². The average Bonchev–Trinajstić information content (AvgIpc) is 3.50. The van der Waals surface area contributed by atoms with E-state index < -0.39 is 0 Å². The summed E-state index contributed by atoms with van der Waals surface area (Å²) >= 11 is 0. The molecule has 3 aliphatic rings. The van der Waals surface area contributed by atoms with Gasteiger partial charge in [-0.2, -0.15) is 0 Å². The molecule has 3 aliphatic heterocycles. The molecule has 9 nitrogen and oxygen atoms in total. The molecule has 2 aromatic carbocycles. The third-order valence-corrected chi connectivity index (χ3v) is 6.71. The summed E-state index contributed by atoms with van der Waals surface area (Å²) in [6, 6.07) is 12.5. The maximum Gasteiger partial charge on any atom is 0.236 e. The van der Waals surface area contributed by atoms with E-state index in [0.717, 1.165) is 44.1 Å². The first-order valence-electron chi connectivity index (χ1n) is 11.7. The van der Waals surface area contributed by atoms with Gasteiger partial charge in [0, 0.05) is 45.0 Å². The summed E-state index contributed by atoms with van der Waals surface area (Å²) < 4.78 is 10.8. The van der Waals surface area contributed by atoms with Crippen LogP contribution in [0.25, 0.3) is 0 Å². The Kier molecular flexibility index (Phi) is 6.55. The molecule has 3 heterocycles. The van der Waals surface area contributed by atoms with Crippen LogP contribution in [0.1, 0.15) is 12.0 Å². The average molecular weight is 467 g/mol. The third kappa shape index (κ3) is 5.26. The van der Waals surface area contributed by atoms with E-state index >= 15 is 0 Å². The molecular formula is C25H30N4O5. The molecule has 0 radical (unpaired) electrons. The molecule has 2 aromatic rings. The molecule has 0 bridgehead atoms. The maximum absolute atomic E-state index is 12.9. The van der Waals surface area contributed by atoms with Crippen LogP contribution >= 0.6 is 0 Å². The number of hydrogen-bond donors (Lipinski definition) is 2. The van der Waals surface area contributed by atoms with E-state index in [1.165, 1.54) is 5.56 Å². The quantitative estimate of drug-likeness (QED) is 0.626. The lowest BCUT2D eigenvalue weighted by Crippen LogP contribution is -2.50. The molecule has 1 atom stereocenters. The van der Waals surface area contributed by atoms with E-state index in [9.17, 15) is 14.7 Å². The summed E-state index contributed by atoms with van der Waals surface area (Å²) in [7, 11) is 0. The number of carbonyl (C=O) groups is 2. The Hall–Kier alpha value is -3.30. The van der Waals surface area contributed by atoms with Crippen molar-refractivity contribution >= 4 is 17.5 Å². The normalized spacial score (nSPS) is 20.5. The molecule has 2 N–H and O–H groups in total. The fraction of sp³-hybridized carbons (Fsp3) is 0.440. The van der Waals surface area contributed by atoms with Gasteiger partial charge in [-0.1, -0.05) is 6.07 Å². The molecule has 2 saturated heterocycles. The number of benzene rings is 2. The van der Waals surface area contributed by atoms with E-state index in [1.54, 1.807) is 24.3 Å². The fourth-order valence-corrected chi connectivity index (χ4v) is 4.72. The van der Waals surface area contributed by atoms with Crippen molar-refractivity contribution in [2.45, 2.75) is 13.0 Å². The lowest BCUT2D eigenvalue weighted by atomic mass is 10.1. The van der Waals surface area contributed by atoms with Gasteiger partial charge in [0.1, 0.15) is 5.75 Å². The summed E-state index contributed by atoms with van der Waals surface area (Å²) in [5.74, 6) is 1.70. The van der Waals surface area contributed by atoms with Crippen LogP contribution in [0, 0.1) is 5.92 Å². The minimum atomic E-state index is -0.139. The van der Waals surface area contributed by atoms with Gasteiger partial charge in [0.05, 0.1) is 12.5 Å². The lowest BCUT2D eigenvalue weighted by Gasteiger charge is -2.35. The number of aromatic hydroxyl groups is 1. The smallest absolute Gasteiger partial charge is 0.236 e. The van der Waals surface area contributed by atoms with Crippen LogP contribution < -0.4 is 14.8 Å². The van der Waals surface area contributed by atoms with Crippen LogP contribution in [-0.2, 0) is 16.1 Å². The van der Waals surface area contributed by atoms with Gasteiger partial charge in [0.25, 0.3) is 0 Å². The van der Waals surface area contributed by atoms with E-state index in [2.05, 4.69) is 21.2 Å². The number of anilines is 1. The Morgan fingerprint density at radius 2 is 1.71 bits per heavy atom. The van der Waals surface area contributed by atoms with Gasteiger partial charge in [-0.15, -0.1) is 0 Å². The summed E-state index contributed by atoms with van der Waals surface area (Å²) in [5.41, 5.74) is 1.84. The van der Waals surface area contributed by atoms with Crippen molar-refractivity contribution in [2.75, 3.05) is 57.9 Å². The lowest BCUT2D eigenvalue weighted by molar-refractivity contribution is -0.134. The van der Waals surface area contributed by atoms with E-state index in [0.29, 0.717) is 31.9 Å². The molecule has 0 saturated carbocycles. The number of phenolic OH excluding ortho intramolecular Hbond substituents is 1. The highest BCUT2D eigenvalue weighted by molar-refractivity contribution is 5.93. The van der Waals surface area contributed by atoms with Crippen LogP contribution in [0.2, 0.25) is 0 Å². The van der Waals surface area contributed by atoms with Gasteiger partial charge in [-0.25, -0.2) is 0 Å². The molecule has 0 unspecified atom stereocenters. The van der Waals surface area contributed by atoms with Gasteiger partial charge in [-0.3, -0.25) is 19.4 Å². The number of nitrogens with one attached hydrogen (secondary N) is 1. The number of amides is 2. The zero-order valence-electron chi connectivity index (χ0n) is 19.1. The van der Waals surface area contributed by atoms with E-state index in [4.69, 9.17) is 9.47 Å². The van der Waals surface area contributed by atoms with Crippen molar-refractivity contribution in [3.63, 3.8) is 0 Å². The van der Waals surface area contributed by atoms with E-state index in [-0.39, 0.29) is 30.3 Å². The standard InChI is InChI=1S/C25H30N4O5/c30-21-4-2-20(3-5-21)26-25(32)19-7-8-28(15-19)16-24(31)29-11-9-27(10-12-29)14-18-1-6-22-23(13-18)34-17-33-22/h1-6,13,19,30H,7-12,14-17H2,(H,26,32)/t19-/m1/s1. The van der Waals surface area contributed by atoms with Gasteiger partial charge in [0.2, 0.25) is 18.6 Å². The van der Waals surface area contributed by atoms with Crippen molar-refractivity contribution in [3.8, 4) is 17.2 Å². The zero-order valence-corrected chi connectivity index (χ0v) is 19.1. The zero-order chi connectivity index (χ0) is 23.5. The van der Waals surface area contributed by atoms with E-state index in [1.807, 2.05) is 17.0 Å². The van der Waals surface area contributed by atoms with Gasteiger partial charge < -0.3 is 24.8 Å². The second-order valence-corrected chi connectivity index (χ2v) is 9.10. The Morgan fingerprint density at radius 1 is 0.941 bits per heavy atom. The second kappa shape index (κ2) is 9.90. The van der Waals surface area contributed by atoms with Crippen LogP contribution in [0.15, 0.2) is 42.5 Å². The molecule has 9 heteroatoms. The highest BCUT2D eigenvalue weighted by Gasteiger charge is 2.31. The summed E-state index contributed by atoms with van der Waals surface area (Å²) in [5, 5.41) is 12.3. The highest BCUT2D eigenvalue weighted by Crippen LogP contribution is 2.33. The number of rotatable bonds is 6. The van der Waals surface area contributed by atoms with Crippen LogP contribution in [0.5, 0.6) is 17.2 Å². The van der Waals surface area contributed by atoms with Crippen molar-refractivity contribution in [3.05, 3.63) is 48.0 Å². The number of fused-ring (bicyclic) bond motifs is 1. The summed E-state index contributed by atoms with van der Waals surface area (Å²) in [6.07, 6.45) is 0.737. The molecule has 2 fully saturated rings. The predicted molar refractivity (Wildman–Crippen MR) is 126 cm³/mol. The molecule has 34 heavy (non-hydrogen) atoms. The van der Waals surface area contributed by atoms with Crippen molar-refractivity contribution < 1.29 is 24.2 Å². The van der Waals surface area contributed by atoms with Gasteiger partial charge in [0.15, 0.2) is 11.5 Å². The largest absolute Gasteiger partial charge is 0.508 e. The number of hydrogen-bond acceptors (Lipinski definition) is 7. The first-order chi connectivity index (χ1) is 16.5. The molecule has 5 rings (SSSR count). The Bertz CT molecular complexity index is 1040. The van der Waals surface area contributed by atoms with Crippen LogP contribution in [0.4, 0.5) is 5.69 Å². The summed E-state index contributed by atoms with van der Waals surface area (Å²) in [6.45, 7) is 5.86. The SMILES string of the molecule is O=C(Nc1ccc(O)cc1)[C@@H]1CCN(CC(=O)N2CCN(Cc3ccc4c(c3)OCO4)CC2)C1. The minimum Gasteiger partial charge on any atom is -0.508 e. The molecular weight excluding hydrogens is 436 g/mol. The first kappa shape index (κ1) is 22.5. The van der Waals surface area contributed by atoms with Crippen LogP contribution in [-0.4, -0.2) is 84.2 Å². The molecule has 0 aromatic heterocycles. The molecule has 2 amide bonds. The topological polar surface area (TPSA) is 94.6 Å². The second-order valence-electron chi connectivity index (χ2n) is 9.10. The van der Waals surface area contributed by atoms with Crippen molar-refractivity contribution in [2.24, 2.45) is 5.92 Å². The number of phenols is 1. The fourth-order valence-electron chi connectivity index (χ4n) is 4.72. The van der Waals surface area contributed by atoms with Gasteiger partial charge >= 0.3 is 0 Å². The van der Waals surface area contributed by atoms with Gasteiger partial charge in [-0.05, 0) is 54.9 Å². The number of nitrogens with zero attached hydrogens (tertiary/aromatic N) is 3. The monoisotopic (exact) mass is 466 g/mol. The maximum atomic E-state index is 12.9. The highest BCUT2D eigenvalue weighted by atomic mass is 16.7. The summed E-state index contributed by atoms with van der Waals surface area (Å²) in [4.78, 5) is 31.8. The number of likely N-dealkylation sites (tertiary alicyclic amines) is 1. The predicted octanol–water partition coefficient (Wildman–Crippen LogP) is 1.73. The molecule has 0 spiro atoms.